The van der Waals surface area contributed by atoms with Crippen molar-refractivity contribution in [3.8, 4) is 11.9 Å². The Morgan fingerprint density at radius 1 is 1.10 bits per heavy atom. The SMILES string of the molecule is CNC(=O)OC(C)(C)C.C[C@H](Oc1ccc(C#N)cn1)C1CN(C(=O)C2CCCCC2)C[C@@H]1c1ccc(Cl)c(Cl)c1. The monoisotopic (exact) mass is 602 g/mol. The van der Waals surface area contributed by atoms with Gasteiger partial charge in [-0.1, -0.05) is 48.5 Å². The number of nitriles is 1. The van der Waals surface area contributed by atoms with Gasteiger partial charge in [-0.3, -0.25) is 4.79 Å². The highest BCUT2D eigenvalue weighted by Gasteiger charge is 2.42. The summed E-state index contributed by atoms with van der Waals surface area (Å²) in [4.78, 5) is 30.0. The number of halogens is 2. The Bertz CT molecular complexity index is 1220. The maximum absolute atomic E-state index is 13.3. The van der Waals surface area contributed by atoms with Gasteiger partial charge < -0.3 is 19.7 Å². The van der Waals surface area contributed by atoms with Crippen LogP contribution in [0.25, 0.3) is 0 Å². The molecule has 0 bridgehead atoms. The van der Waals surface area contributed by atoms with Crippen LogP contribution in [0.5, 0.6) is 5.88 Å². The molecule has 1 aliphatic heterocycles. The van der Waals surface area contributed by atoms with Gasteiger partial charge in [0.05, 0.1) is 15.6 Å². The second kappa shape index (κ2) is 14.7. The minimum Gasteiger partial charge on any atom is -0.474 e. The predicted octanol–water partition coefficient (Wildman–Crippen LogP) is 6.99. The first-order chi connectivity index (χ1) is 19.4. The molecule has 2 fully saturated rings. The lowest BCUT2D eigenvalue weighted by atomic mass is 9.86. The van der Waals surface area contributed by atoms with E-state index in [2.05, 4.69) is 16.4 Å². The Morgan fingerprint density at radius 2 is 1.80 bits per heavy atom. The maximum atomic E-state index is 13.3. The van der Waals surface area contributed by atoms with E-state index in [4.69, 9.17) is 37.9 Å². The summed E-state index contributed by atoms with van der Waals surface area (Å²) >= 11 is 12.5. The molecule has 2 aromatic rings. The molecule has 1 unspecified atom stereocenters. The van der Waals surface area contributed by atoms with E-state index in [0.717, 1.165) is 31.2 Å². The van der Waals surface area contributed by atoms with Crippen LogP contribution in [0.4, 0.5) is 4.79 Å². The number of pyridine rings is 1. The molecule has 222 valence electrons. The van der Waals surface area contributed by atoms with Crippen molar-refractivity contribution in [2.24, 2.45) is 11.8 Å². The van der Waals surface area contributed by atoms with Crippen molar-refractivity contribution in [1.29, 1.82) is 5.26 Å². The quantitative estimate of drug-likeness (QED) is 0.395. The summed E-state index contributed by atoms with van der Waals surface area (Å²) < 4.78 is 11.0. The fourth-order valence-electron chi connectivity index (χ4n) is 5.31. The summed E-state index contributed by atoms with van der Waals surface area (Å²) in [5, 5.41) is 12.4. The standard InChI is InChI=1S/C25H27Cl2N3O2.C6H13NO2/c1-16(32-24-10-7-17(12-28)13-29-24)20-14-30(25(31)18-5-3-2-4-6-18)15-21(20)19-8-9-22(26)23(27)11-19;1-6(2,3)9-5(8)7-4/h7-11,13,16,18,20-21H,2-6,14-15H2,1H3;1-4H3,(H,7,8)/t16-,20?,21+;/m0./s1. The van der Waals surface area contributed by atoms with Gasteiger partial charge in [-0.2, -0.15) is 5.26 Å². The second-order valence-corrected chi connectivity index (χ2v) is 12.4. The van der Waals surface area contributed by atoms with Crippen molar-refractivity contribution in [1.82, 2.24) is 15.2 Å². The lowest BCUT2D eigenvalue weighted by Gasteiger charge is -2.27. The normalized spacial score (nSPS) is 19.8. The lowest BCUT2D eigenvalue weighted by Crippen LogP contribution is -2.36. The van der Waals surface area contributed by atoms with E-state index in [1.54, 1.807) is 12.1 Å². The molecule has 2 amide bonds. The Kier molecular flexibility index (Phi) is 11.7. The summed E-state index contributed by atoms with van der Waals surface area (Å²) in [6.07, 6.45) is 6.40. The van der Waals surface area contributed by atoms with Gasteiger partial charge in [-0.25, -0.2) is 9.78 Å². The van der Waals surface area contributed by atoms with Crippen molar-refractivity contribution in [2.45, 2.75) is 77.4 Å². The molecule has 1 saturated carbocycles. The molecule has 1 aliphatic carbocycles. The van der Waals surface area contributed by atoms with E-state index in [1.807, 2.05) is 50.8 Å². The summed E-state index contributed by atoms with van der Waals surface area (Å²) in [7, 11) is 1.54. The van der Waals surface area contributed by atoms with Crippen LogP contribution in [0.3, 0.4) is 0 Å². The fourth-order valence-corrected chi connectivity index (χ4v) is 5.62. The number of hydrogen-bond acceptors (Lipinski definition) is 6. The number of hydrogen-bond donors (Lipinski definition) is 1. The molecule has 0 radical (unpaired) electrons. The number of nitrogens with one attached hydrogen (secondary N) is 1. The van der Waals surface area contributed by atoms with Crippen LogP contribution in [0, 0.1) is 23.2 Å². The molecule has 1 N–H and O–H groups in total. The molecule has 0 spiro atoms. The zero-order chi connectivity index (χ0) is 30.2. The number of rotatable bonds is 5. The number of aromatic nitrogens is 1. The van der Waals surface area contributed by atoms with E-state index in [0.29, 0.717) is 34.6 Å². The minimum atomic E-state index is -0.389. The third kappa shape index (κ3) is 9.51. The zero-order valence-corrected chi connectivity index (χ0v) is 26.0. The first-order valence-corrected chi connectivity index (χ1v) is 14.8. The zero-order valence-electron chi connectivity index (χ0n) is 24.5. The average molecular weight is 604 g/mol. The van der Waals surface area contributed by atoms with E-state index >= 15 is 0 Å². The highest BCUT2D eigenvalue weighted by Crippen LogP contribution is 2.39. The van der Waals surface area contributed by atoms with Gasteiger partial charge in [-0.05, 0) is 64.3 Å². The van der Waals surface area contributed by atoms with Crippen molar-refractivity contribution >= 4 is 35.2 Å². The van der Waals surface area contributed by atoms with Crippen LogP contribution in [-0.2, 0) is 9.53 Å². The van der Waals surface area contributed by atoms with E-state index in [9.17, 15) is 9.59 Å². The van der Waals surface area contributed by atoms with Crippen LogP contribution in [-0.4, -0.2) is 53.7 Å². The first-order valence-electron chi connectivity index (χ1n) is 14.1. The average Bonchev–Trinajstić information content (AvgIpc) is 3.40. The largest absolute Gasteiger partial charge is 0.474 e. The summed E-state index contributed by atoms with van der Waals surface area (Å²) in [5.74, 6) is 1.04. The number of benzene rings is 1. The molecule has 4 rings (SSSR count). The lowest BCUT2D eigenvalue weighted by molar-refractivity contribution is -0.135. The van der Waals surface area contributed by atoms with Gasteiger partial charge in [-0.15, -0.1) is 0 Å². The third-order valence-electron chi connectivity index (χ3n) is 7.38. The number of likely N-dealkylation sites (tertiary alicyclic amines) is 1. The molecule has 1 aromatic carbocycles. The summed E-state index contributed by atoms with van der Waals surface area (Å²) in [6, 6.07) is 11.2. The second-order valence-electron chi connectivity index (χ2n) is 11.6. The Balaban J connectivity index is 0.000000445. The minimum absolute atomic E-state index is 0.0808. The molecule has 1 aromatic heterocycles. The van der Waals surface area contributed by atoms with Crippen LogP contribution in [0.15, 0.2) is 36.5 Å². The van der Waals surface area contributed by atoms with Crippen molar-refractivity contribution in [2.75, 3.05) is 20.1 Å². The Labute approximate surface area is 253 Å². The van der Waals surface area contributed by atoms with Gasteiger partial charge in [0.15, 0.2) is 0 Å². The molecule has 8 nitrogen and oxygen atoms in total. The van der Waals surface area contributed by atoms with Gasteiger partial charge in [0, 0.05) is 50.2 Å². The number of carbonyl (C=O) groups excluding carboxylic acids is 2. The maximum Gasteiger partial charge on any atom is 0.407 e. The van der Waals surface area contributed by atoms with E-state index in [1.165, 1.54) is 19.7 Å². The van der Waals surface area contributed by atoms with E-state index in [-0.39, 0.29) is 41.5 Å². The summed E-state index contributed by atoms with van der Waals surface area (Å²) in [6.45, 7) is 8.76. The molecular weight excluding hydrogens is 563 g/mol. The molecule has 2 aliphatic rings. The van der Waals surface area contributed by atoms with Gasteiger partial charge in [0.2, 0.25) is 11.8 Å². The van der Waals surface area contributed by atoms with Crippen LogP contribution >= 0.6 is 23.2 Å². The smallest absolute Gasteiger partial charge is 0.407 e. The van der Waals surface area contributed by atoms with Crippen molar-refractivity contribution < 1.29 is 19.1 Å². The van der Waals surface area contributed by atoms with Crippen LogP contribution < -0.4 is 10.1 Å². The Morgan fingerprint density at radius 3 is 2.34 bits per heavy atom. The van der Waals surface area contributed by atoms with Crippen LogP contribution in [0.1, 0.15) is 76.8 Å². The number of alkyl carbamates (subject to hydrolysis) is 1. The van der Waals surface area contributed by atoms with Gasteiger partial charge in [0.25, 0.3) is 0 Å². The first kappa shape index (κ1) is 32.5. The van der Waals surface area contributed by atoms with Crippen molar-refractivity contribution in [3.63, 3.8) is 0 Å². The third-order valence-corrected chi connectivity index (χ3v) is 8.12. The Hall–Kier alpha value is -3.02. The van der Waals surface area contributed by atoms with Crippen LogP contribution in [0.2, 0.25) is 10.0 Å². The van der Waals surface area contributed by atoms with Gasteiger partial charge in [0.1, 0.15) is 17.8 Å². The molecule has 41 heavy (non-hydrogen) atoms. The highest BCUT2D eigenvalue weighted by molar-refractivity contribution is 6.42. The number of carbonyl (C=O) groups is 2. The molecule has 10 heteroatoms. The molecular formula is C31H40Cl2N4O4. The number of nitrogens with zero attached hydrogens (tertiary/aromatic N) is 3. The number of amides is 2. The molecule has 1 saturated heterocycles. The van der Waals surface area contributed by atoms with E-state index < -0.39 is 0 Å². The van der Waals surface area contributed by atoms with Gasteiger partial charge >= 0.3 is 6.09 Å². The predicted molar refractivity (Wildman–Crippen MR) is 160 cm³/mol. The van der Waals surface area contributed by atoms with Crippen molar-refractivity contribution in [3.05, 3.63) is 57.7 Å². The topological polar surface area (TPSA) is 105 Å². The number of ether oxygens (including phenoxy) is 2. The fraction of sp³-hybridized carbons (Fsp3) is 0.548. The molecule has 2 heterocycles. The molecule has 3 atom stereocenters. The summed E-state index contributed by atoms with van der Waals surface area (Å²) in [5.41, 5.74) is 1.16. The highest BCUT2D eigenvalue weighted by atomic mass is 35.5.